The maximum atomic E-state index is 12.3. The Morgan fingerprint density at radius 2 is 2.12 bits per heavy atom. The van der Waals surface area contributed by atoms with Gasteiger partial charge < -0.3 is 5.32 Å². The molecule has 2 aromatic heterocycles. The van der Waals surface area contributed by atoms with Gasteiger partial charge in [-0.3, -0.25) is 19.5 Å². The van der Waals surface area contributed by atoms with Crippen LogP contribution in [0, 0.1) is 8.98 Å². The van der Waals surface area contributed by atoms with Crippen LogP contribution in [0.2, 0.25) is 0 Å². The number of nitrogens with one attached hydrogen (secondary N) is 2. The van der Waals surface area contributed by atoms with Gasteiger partial charge in [0.2, 0.25) is 5.91 Å². The summed E-state index contributed by atoms with van der Waals surface area (Å²) < 4.78 is 3.20. The van der Waals surface area contributed by atoms with Crippen molar-refractivity contribution in [2.75, 3.05) is 7.05 Å². The number of halogens is 1. The SMILES string of the molecule is CN1C(=N)N[C@](C)(c2ccc3ncc(-c4cccc(I)c4)n3c2)CC1=O. The van der Waals surface area contributed by atoms with E-state index in [0.29, 0.717) is 6.42 Å². The van der Waals surface area contributed by atoms with Crippen molar-refractivity contribution in [1.29, 1.82) is 5.41 Å². The molecule has 6 nitrogen and oxygen atoms in total. The van der Waals surface area contributed by atoms with Gasteiger partial charge >= 0.3 is 0 Å². The van der Waals surface area contributed by atoms with Crippen LogP contribution in [0.25, 0.3) is 16.9 Å². The first-order chi connectivity index (χ1) is 12.4. The summed E-state index contributed by atoms with van der Waals surface area (Å²) in [5, 5.41) is 11.2. The minimum absolute atomic E-state index is 0.0696. The summed E-state index contributed by atoms with van der Waals surface area (Å²) in [7, 11) is 1.62. The maximum absolute atomic E-state index is 12.3. The first kappa shape index (κ1) is 17.0. The number of guanidine groups is 1. The molecule has 1 aliphatic rings. The average Bonchev–Trinajstić information content (AvgIpc) is 3.03. The van der Waals surface area contributed by atoms with Crippen molar-refractivity contribution in [2.45, 2.75) is 18.9 Å². The number of rotatable bonds is 2. The molecular weight excluding hydrogens is 441 g/mol. The van der Waals surface area contributed by atoms with Gasteiger partial charge in [-0.2, -0.15) is 0 Å². The third-order valence-corrected chi connectivity index (χ3v) is 5.54. The van der Waals surface area contributed by atoms with E-state index >= 15 is 0 Å². The molecule has 4 rings (SSSR count). The Bertz CT molecular complexity index is 1020. The Hall–Kier alpha value is -2.42. The van der Waals surface area contributed by atoms with E-state index in [4.69, 9.17) is 5.41 Å². The van der Waals surface area contributed by atoms with Gasteiger partial charge in [-0.25, -0.2) is 4.98 Å². The zero-order valence-corrected chi connectivity index (χ0v) is 16.6. The molecule has 7 heteroatoms. The van der Waals surface area contributed by atoms with Gasteiger partial charge in [0.15, 0.2) is 5.96 Å². The molecule has 26 heavy (non-hydrogen) atoms. The molecule has 0 unspecified atom stereocenters. The van der Waals surface area contributed by atoms with Crippen molar-refractivity contribution < 1.29 is 4.79 Å². The Labute approximate surface area is 164 Å². The van der Waals surface area contributed by atoms with Gasteiger partial charge in [0.1, 0.15) is 5.65 Å². The number of hydrogen-bond acceptors (Lipinski definition) is 3. The molecular formula is C19H18IN5O. The molecule has 1 saturated heterocycles. The molecule has 0 saturated carbocycles. The molecule has 0 aliphatic carbocycles. The van der Waals surface area contributed by atoms with Gasteiger partial charge in [-0.15, -0.1) is 0 Å². The van der Waals surface area contributed by atoms with Gasteiger partial charge in [0.05, 0.1) is 23.9 Å². The molecule has 3 heterocycles. The summed E-state index contributed by atoms with van der Waals surface area (Å²) in [6, 6.07) is 12.2. The number of aromatic nitrogens is 2. The summed E-state index contributed by atoms with van der Waals surface area (Å²) >= 11 is 2.30. The molecule has 0 bridgehead atoms. The minimum atomic E-state index is -0.623. The number of benzene rings is 1. The van der Waals surface area contributed by atoms with Gasteiger partial charge in [0.25, 0.3) is 0 Å². The fraction of sp³-hybridized carbons (Fsp3) is 0.211. The topological polar surface area (TPSA) is 73.5 Å². The lowest BCUT2D eigenvalue weighted by Gasteiger charge is -2.39. The molecule has 2 N–H and O–H groups in total. The van der Waals surface area contributed by atoms with Crippen LogP contribution in [0.15, 0.2) is 48.8 Å². The molecule has 1 fully saturated rings. The molecule has 0 radical (unpaired) electrons. The second kappa shape index (κ2) is 6.08. The van der Waals surface area contributed by atoms with E-state index in [1.807, 2.05) is 41.9 Å². The summed E-state index contributed by atoms with van der Waals surface area (Å²) in [6.07, 6.45) is 4.17. The molecule has 1 atom stereocenters. The molecule has 132 valence electrons. The summed E-state index contributed by atoms with van der Waals surface area (Å²) in [5.41, 5.74) is 3.26. The quantitative estimate of drug-likeness (QED) is 0.579. The Morgan fingerprint density at radius 1 is 1.31 bits per heavy atom. The second-order valence-corrected chi connectivity index (χ2v) is 7.98. The van der Waals surface area contributed by atoms with E-state index < -0.39 is 5.54 Å². The first-order valence-corrected chi connectivity index (χ1v) is 9.32. The zero-order chi connectivity index (χ0) is 18.5. The molecule has 1 amide bonds. The highest BCUT2D eigenvalue weighted by Gasteiger charge is 2.38. The largest absolute Gasteiger partial charge is 0.346 e. The van der Waals surface area contributed by atoms with Crippen molar-refractivity contribution in [3.8, 4) is 11.3 Å². The van der Waals surface area contributed by atoms with E-state index in [-0.39, 0.29) is 11.9 Å². The number of hydrogen-bond donors (Lipinski definition) is 2. The lowest BCUT2D eigenvalue weighted by Crippen LogP contribution is -2.58. The average molecular weight is 459 g/mol. The van der Waals surface area contributed by atoms with E-state index in [0.717, 1.165) is 26.0 Å². The van der Waals surface area contributed by atoms with Crippen molar-refractivity contribution in [3.63, 3.8) is 0 Å². The highest BCUT2D eigenvalue weighted by Crippen LogP contribution is 2.30. The number of pyridine rings is 1. The van der Waals surface area contributed by atoms with Crippen LogP contribution in [0.4, 0.5) is 0 Å². The van der Waals surface area contributed by atoms with Crippen LogP contribution < -0.4 is 5.32 Å². The zero-order valence-electron chi connectivity index (χ0n) is 14.5. The standard InChI is InChI=1S/C19H18IN5O/c1-19(9-17(26)24(2)18(21)23-19)13-6-7-16-22-10-15(25(16)11-13)12-4-3-5-14(20)8-12/h3-8,10-11H,9H2,1-2H3,(H2,21,23)/t19-/m0/s1. The van der Waals surface area contributed by atoms with E-state index in [9.17, 15) is 4.79 Å². The molecule has 1 aliphatic heterocycles. The van der Waals surface area contributed by atoms with E-state index in [2.05, 4.69) is 51.1 Å². The van der Waals surface area contributed by atoms with Crippen LogP contribution in [0.5, 0.6) is 0 Å². The number of imidazole rings is 1. The van der Waals surface area contributed by atoms with Crippen molar-refractivity contribution >= 4 is 40.1 Å². The lowest BCUT2D eigenvalue weighted by atomic mass is 9.87. The Morgan fingerprint density at radius 3 is 2.85 bits per heavy atom. The second-order valence-electron chi connectivity index (χ2n) is 6.74. The monoisotopic (exact) mass is 459 g/mol. The predicted molar refractivity (Wildman–Crippen MR) is 109 cm³/mol. The number of carbonyl (C=O) groups excluding carboxylic acids is 1. The minimum Gasteiger partial charge on any atom is -0.346 e. The molecule has 3 aromatic rings. The van der Waals surface area contributed by atoms with Crippen molar-refractivity contribution in [1.82, 2.24) is 19.6 Å². The van der Waals surface area contributed by atoms with Gasteiger partial charge in [-0.1, -0.05) is 18.2 Å². The van der Waals surface area contributed by atoms with Crippen LogP contribution in [-0.4, -0.2) is 33.2 Å². The third kappa shape index (κ3) is 2.76. The van der Waals surface area contributed by atoms with Crippen molar-refractivity contribution in [2.24, 2.45) is 0 Å². The van der Waals surface area contributed by atoms with Crippen molar-refractivity contribution in [3.05, 3.63) is 57.9 Å². The number of carbonyl (C=O) groups is 1. The lowest BCUT2D eigenvalue weighted by molar-refractivity contribution is -0.129. The normalized spacial score (nSPS) is 20.5. The van der Waals surface area contributed by atoms with Crippen LogP contribution in [0.3, 0.4) is 0 Å². The van der Waals surface area contributed by atoms with Crippen LogP contribution >= 0.6 is 22.6 Å². The highest BCUT2D eigenvalue weighted by molar-refractivity contribution is 14.1. The van der Waals surface area contributed by atoms with E-state index in [1.165, 1.54) is 4.90 Å². The molecule has 0 spiro atoms. The number of amides is 1. The fourth-order valence-corrected chi connectivity index (χ4v) is 3.82. The van der Waals surface area contributed by atoms with Gasteiger partial charge in [0, 0.05) is 22.4 Å². The van der Waals surface area contributed by atoms with E-state index in [1.54, 1.807) is 7.05 Å². The Kier molecular flexibility index (Phi) is 3.98. The van der Waals surface area contributed by atoms with Gasteiger partial charge in [-0.05, 0) is 53.3 Å². The van der Waals surface area contributed by atoms with Crippen LogP contribution in [-0.2, 0) is 10.3 Å². The highest BCUT2D eigenvalue weighted by atomic mass is 127. The number of fused-ring (bicyclic) bond motifs is 1. The van der Waals surface area contributed by atoms with Crippen LogP contribution in [0.1, 0.15) is 18.9 Å². The number of nitrogens with zero attached hydrogens (tertiary/aromatic N) is 3. The fourth-order valence-electron chi connectivity index (χ4n) is 3.28. The smallest absolute Gasteiger partial charge is 0.231 e. The maximum Gasteiger partial charge on any atom is 0.231 e. The molecule has 1 aromatic carbocycles. The third-order valence-electron chi connectivity index (χ3n) is 4.87. The first-order valence-electron chi connectivity index (χ1n) is 8.24. The summed E-state index contributed by atoms with van der Waals surface area (Å²) in [5.74, 6) is 0.0483. The summed E-state index contributed by atoms with van der Waals surface area (Å²) in [4.78, 5) is 18.1. The Balaban J connectivity index is 1.82. The predicted octanol–water partition coefficient (Wildman–Crippen LogP) is 3.21. The summed E-state index contributed by atoms with van der Waals surface area (Å²) in [6.45, 7) is 1.95.